The molecule has 4 atom stereocenters. The molecular formula is C32H44N4O7S. The molecule has 0 aliphatic rings. The SMILES string of the molecule is COC(=O)[C@H](CC(C)C)NC(=O)[C@H](CCSC)NC(=O)[C@H](Cc1ccccc1)NC(=O)[C@H](C)NC(=O)OCc1ccccc1. The van der Waals surface area contributed by atoms with E-state index in [1.807, 2.05) is 80.8 Å². The van der Waals surface area contributed by atoms with Gasteiger partial charge in [0.15, 0.2) is 0 Å². The summed E-state index contributed by atoms with van der Waals surface area (Å²) in [6, 6.07) is 14.3. The van der Waals surface area contributed by atoms with Gasteiger partial charge in [0.1, 0.15) is 30.8 Å². The van der Waals surface area contributed by atoms with Crippen molar-refractivity contribution in [1.82, 2.24) is 21.3 Å². The summed E-state index contributed by atoms with van der Waals surface area (Å²) in [6.45, 7) is 5.36. The number of carbonyl (C=O) groups excluding carboxylic acids is 5. The third-order valence-corrected chi connectivity index (χ3v) is 7.25. The number of amides is 4. The Balaban J connectivity index is 2.14. The Morgan fingerprint density at radius 2 is 1.27 bits per heavy atom. The summed E-state index contributed by atoms with van der Waals surface area (Å²) < 4.78 is 10.1. The Morgan fingerprint density at radius 1 is 0.727 bits per heavy atom. The zero-order valence-electron chi connectivity index (χ0n) is 26.0. The van der Waals surface area contributed by atoms with Crippen LogP contribution >= 0.6 is 11.8 Å². The van der Waals surface area contributed by atoms with Crippen molar-refractivity contribution in [1.29, 1.82) is 0 Å². The summed E-state index contributed by atoms with van der Waals surface area (Å²) in [5.41, 5.74) is 1.57. The van der Waals surface area contributed by atoms with E-state index in [4.69, 9.17) is 9.47 Å². The van der Waals surface area contributed by atoms with Crippen molar-refractivity contribution in [3.8, 4) is 0 Å². The van der Waals surface area contributed by atoms with Gasteiger partial charge in [-0.1, -0.05) is 74.5 Å². The second-order valence-corrected chi connectivity index (χ2v) is 11.7. The fraction of sp³-hybridized carbons (Fsp3) is 0.469. The minimum Gasteiger partial charge on any atom is -0.467 e. The second kappa shape index (κ2) is 19.3. The number of carbonyl (C=O) groups is 5. The van der Waals surface area contributed by atoms with E-state index in [0.29, 0.717) is 18.6 Å². The molecule has 0 radical (unpaired) electrons. The number of benzene rings is 2. The molecule has 240 valence electrons. The van der Waals surface area contributed by atoms with E-state index in [0.717, 1.165) is 11.1 Å². The Morgan fingerprint density at radius 3 is 1.84 bits per heavy atom. The minimum absolute atomic E-state index is 0.0353. The second-order valence-electron chi connectivity index (χ2n) is 10.7. The van der Waals surface area contributed by atoms with Crippen LogP contribution in [0.3, 0.4) is 0 Å². The zero-order chi connectivity index (χ0) is 32.5. The highest BCUT2D eigenvalue weighted by atomic mass is 32.2. The van der Waals surface area contributed by atoms with Gasteiger partial charge in [-0.05, 0) is 48.8 Å². The van der Waals surface area contributed by atoms with Gasteiger partial charge in [0.2, 0.25) is 17.7 Å². The van der Waals surface area contributed by atoms with Crippen LogP contribution in [0.5, 0.6) is 0 Å². The van der Waals surface area contributed by atoms with Crippen molar-refractivity contribution in [2.45, 2.75) is 70.8 Å². The average molecular weight is 629 g/mol. The summed E-state index contributed by atoms with van der Waals surface area (Å²) in [6.07, 6.45) is 1.90. The molecule has 0 unspecified atom stereocenters. The molecule has 2 aromatic rings. The van der Waals surface area contributed by atoms with E-state index in [1.165, 1.54) is 25.8 Å². The molecule has 0 saturated carbocycles. The number of rotatable bonds is 17. The molecule has 0 fully saturated rings. The molecule has 2 aromatic carbocycles. The molecule has 11 nitrogen and oxygen atoms in total. The molecule has 0 spiro atoms. The first-order chi connectivity index (χ1) is 21.0. The molecule has 0 aromatic heterocycles. The Bertz CT molecular complexity index is 1210. The lowest BCUT2D eigenvalue weighted by atomic mass is 10.0. The highest BCUT2D eigenvalue weighted by molar-refractivity contribution is 7.98. The van der Waals surface area contributed by atoms with E-state index in [1.54, 1.807) is 0 Å². The van der Waals surface area contributed by atoms with E-state index >= 15 is 0 Å². The molecule has 12 heteroatoms. The van der Waals surface area contributed by atoms with Crippen molar-refractivity contribution < 1.29 is 33.4 Å². The predicted molar refractivity (Wildman–Crippen MR) is 170 cm³/mol. The lowest BCUT2D eigenvalue weighted by Crippen LogP contribution is -2.58. The van der Waals surface area contributed by atoms with Crippen molar-refractivity contribution in [2.24, 2.45) is 5.92 Å². The number of nitrogens with one attached hydrogen (secondary N) is 4. The zero-order valence-corrected chi connectivity index (χ0v) is 26.8. The number of ether oxygens (including phenoxy) is 2. The molecule has 0 aliphatic heterocycles. The highest BCUT2D eigenvalue weighted by Crippen LogP contribution is 2.10. The first kappa shape index (κ1) is 36.1. The van der Waals surface area contributed by atoms with Gasteiger partial charge in [0, 0.05) is 6.42 Å². The Kier molecular flexibility index (Phi) is 15.8. The summed E-state index contributed by atoms with van der Waals surface area (Å²) in [7, 11) is 1.25. The molecule has 2 rings (SSSR count). The van der Waals surface area contributed by atoms with E-state index in [9.17, 15) is 24.0 Å². The fourth-order valence-corrected chi connectivity index (χ4v) is 4.71. The van der Waals surface area contributed by atoms with Gasteiger partial charge in [0.05, 0.1) is 7.11 Å². The largest absolute Gasteiger partial charge is 0.467 e. The molecular weight excluding hydrogens is 584 g/mol. The smallest absolute Gasteiger partial charge is 0.408 e. The van der Waals surface area contributed by atoms with Crippen molar-refractivity contribution in [3.63, 3.8) is 0 Å². The van der Waals surface area contributed by atoms with Crippen molar-refractivity contribution in [3.05, 3.63) is 71.8 Å². The van der Waals surface area contributed by atoms with Crippen LogP contribution in [0.15, 0.2) is 60.7 Å². The maximum Gasteiger partial charge on any atom is 0.408 e. The number of hydrogen-bond acceptors (Lipinski definition) is 8. The molecule has 0 saturated heterocycles. The molecule has 0 aliphatic carbocycles. The first-order valence-electron chi connectivity index (χ1n) is 14.5. The van der Waals surface area contributed by atoms with Crippen LogP contribution in [0.1, 0.15) is 44.7 Å². The van der Waals surface area contributed by atoms with Crippen LogP contribution < -0.4 is 21.3 Å². The van der Waals surface area contributed by atoms with Gasteiger partial charge in [0.25, 0.3) is 0 Å². The molecule has 44 heavy (non-hydrogen) atoms. The van der Waals surface area contributed by atoms with Gasteiger partial charge in [-0.2, -0.15) is 11.8 Å². The summed E-state index contributed by atoms with van der Waals surface area (Å²) >= 11 is 1.50. The van der Waals surface area contributed by atoms with Crippen LogP contribution in [-0.4, -0.2) is 73.1 Å². The quantitative estimate of drug-likeness (QED) is 0.195. The minimum atomic E-state index is -1.06. The van der Waals surface area contributed by atoms with E-state index in [2.05, 4.69) is 21.3 Å². The summed E-state index contributed by atoms with van der Waals surface area (Å²) in [5, 5.41) is 10.7. The number of hydrogen-bond donors (Lipinski definition) is 4. The monoisotopic (exact) mass is 628 g/mol. The van der Waals surface area contributed by atoms with Gasteiger partial charge in [-0.3, -0.25) is 14.4 Å². The van der Waals surface area contributed by atoms with Gasteiger partial charge >= 0.3 is 12.1 Å². The maximum atomic E-state index is 13.6. The predicted octanol–water partition coefficient (Wildman–Crippen LogP) is 2.97. The molecule has 0 bridgehead atoms. The standard InChI is InChI=1S/C32H44N4O7S/c1-21(2)18-27(31(40)42-4)36-29(38)25(16-17-44-5)34-30(39)26(19-23-12-8-6-9-13-23)35-28(37)22(3)33-32(41)43-20-24-14-10-7-11-15-24/h6-15,21-22,25-27H,16-20H2,1-5H3,(H,33,41)(H,34,39)(H,35,37)(H,36,38)/t22-,25-,26-,27-/m0/s1. The highest BCUT2D eigenvalue weighted by Gasteiger charge is 2.31. The van der Waals surface area contributed by atoms with Crippen LogP contribution in [-0.2, 0) is 41.7 Å². The van der Waals surface area contributed by atoms with Crippen LogP contribution in [0.25, 0.3) is 0 Å². The van der Waals surface area contributed by atoms with Gasteiger partial charge in [-0.15, -0.1) is 0 Å². The maximum absolute atomic E-state index is 13.6. The number of methoxy groups -OCH3 is 1. The van der Waals surface area contributed by atoms with E-state index < -0.39 is 54.0 Å². The van der Waals surface area contributed by atoms with Crippen molar-refractivity contribution in [2.75, 3.05) is 19.1 Å². The normalized spacial score (nSPS) is 13.5. The van der Waals surface area contributed by atoms with Crippen LogP contribution in [0.4, 0.5) is 4.79 Å². The number of alkyl carbamates (subject to hydrolysis) is 1. The Labute approximate surface area is 263 Å². The third-order valence-electron chi connectivity index (χ3n) is 6.61. The topological polar surface area (TPSA) is 152 Å². The number of thioether (sulfide) groups is 1. The number of esters is 1. The fourth-order valence-electron chi connectivity index (χ4n) is 4.24. The third kappa shape index (κ3) is 13.1. The lowest BCUT2D eigenvalue weighted by molar-refractivity contribution is -0.146. The lowest BCUT2D eigenvalue weighted by Gasteiger charge is -2.26. The average Bonchev–Trinajstić information content (AvgIpc) is 3.01. The summed E-state index contributed by atoms with van der Waals surface area (Å²) in [4.78, 5) is 64.6. The van der Waals surface area contributed by atoms with Crippen molar-refractivity contribution >= 4 is 41.5 Å². The molecule has 4 N–H and O–H groups in total. The van der Waals surface area contributed by atoms with Gasteiger partial charge < -0.3 is 30.7 Å². The van der Waals surface area contributed by atoms with Crippen LogP contribution in [0.2, 0.25) is 0 Å². The van der Waals surface area contributed by atoms with E-state index in [-0.39, 0.29) is 18.9 Å². The van der Waals surface area contributed by atoms with Gasteiger partial charge in [-0.25, -0.2) is 9.59 Å². The van der Waals surface area contributed by atoms with Crippen LogP contribution in [0, 0.1) is 5.92 Å². The molecule has 0 heterocycles. The Hall–Kier alpha value is -4.06. The summed E-state index contributed by atoms with van der Waals surface area (Å²) in [5.74, 6) is -1.61. The first-order valence-corrected chi connectivity index (χ1v) is 15.9. The molecule has 4 amide bonds.